The highest BCUT2D eigenvalue weighted by atomic mass is 16.2. The van der Waals surface area contributed by atoms with Gasteiger partial charge in [0.05, 0.1) is 13.1 Å². The maximum Gasteiger partial charge on any atom is 0.234 e. The van der Waals surface area contributed by atoms with E-state index in [4.69, 9.17) is 0 Å². The van der Waals surface area contributed by atoms with E-state index in [1.54, 1.807) is 6.33 Å². The molecule has 1 N–H and O–H groups in total. The van der Waals surface area contributed by atoms with Crippen LogP contribution in [0.15, 0.2) is 36.7 Å². The largest absolute Gasteiger partial charge is 0.351 e. The van der Waals surface area contributed by atoms with Crippen LogP contribution in [0.3, 0.4) is 0 Å². The molecular formula is C16H23N5O. The van der Waals surface area contributed by atoms with E-state index < -0.39 is 0 Å². The molecule has 2 aromatic rings. The van der Waals surface area contributed by atoms with E-state index in [2.05, 4.69) is 22.4 Å². The summed E-state index contributed by atoms with van der Waals surface area (Å²) in [5, 5.41) is 11.0. The van der Waals surface area contributed by atoms with Gasteiger partial charge in [0.2, 0.25) is 5.91 Å². The van der Waals surface area contributed by atoms with E-state index in [0.29, 0.717) is 19.6 Å². The van der Waals surface area contributed by atoms with Crippen LogP contribution in [0.4, 0.5) is 0 Å². The van der Waals surface area contributed by atoms with Gasteiger partial charge in [0.1, 0.15) is 12.2 Å². The number of aromatic nitrogens is 3. The quantitative estimate of drug-likeness (QED) is 0.801. The first kappa shape index (κ1) is 16.2. The maximum absolute atomic E-state index is 12.0. The molecule has 0 radical (unpaired) electrons. The highest BCUT2D eigenvalue weighted by Gasteiger charge is 2.10. The van der Waals surface area contributed by atoms with Gasteiger partial charge in [-0.25, -0.2) is 0 Å². The van der Waals surface area contributed by atoms with Gasteiger partial charge in [0.15, 0.2) is 0 Å². The standard InChI is InChI=1S/C16H23N5O/c1-3-9-21-13-18-19-15(21)11-20(2)12-16(22)17-10-14-7-5-4-6-8-14/h4-8,13H,3,9-12H2,1-2H3,(H,17,22). The van der Waals surface area contributed by atoms with E-state index in [9.17, 15) is 4.79 Å². The van der Waals surface area contributed by atoms with Crippen molar-refractivity contribution in [3.05, 3.63) is 48.0 Å². The Hall–Kier alpha value is -2.21. The normalized spacial score (nSPS) is 10.9. The van der Waals surface area contributed by atoms with Crippen LogP contribution in [0.25, 0.3) is 0 Å². The van der Waals surface area contributed by atoms with Crippen LogP contribution in [0, 0.1) is 0 Å². The summed E-state index contributed by atoms with van der Waals surface area (Å²) >= 11 is 0. The number of aryl methyl sites for hydroxylation is 1. The average molecular weight is 301 g/mol. The van der Waals surface area contributed by atoms with Crippen molar-refractivity contribution in [1.29, 1.82) is 0 Å². The molecule has 1 amide bonds. The van der Waals surface area contributed by atoms with Crippen molar-refractivity contribution in [1.82, 2.24) is 25.0 Å². The van der Waals surface area contributed by atoms with Crippen LogP contribution in [0.5, 0.6) is 0 Å². The Morgan fingerprint density at radius 1 is 1.32 bits per heavy atom. The molecular weight excluding hydrogens is 278 g/mol. The van der Waals surface area contributed by atoms with Crippen LogP contribution in [-0.4, -0.2) is 39.2 Å². The van der Waals surface area contributed by atoms with Crippen LogP contribution in [-0.2, 0) is 24.4 Å². The predicted octanol–water partition coefficient (Wildman–Crippen LogP) is 1.44. The number of likely N-dealkylation sites (N-methyl/N-ethyl adjacent to an activating group) is 1. The second-order valence-corrected chi connectivity index (χ2v) is 5.38. The van der Waals surface area contributed by atoms with E-state index in [1.165, 1.54) is 0 Å². The summed E-state index contributed by atoms with van der Waals surface area (Å²) in [6.45, 7) is 4.52. The smallest absolute Gasteiger partial charge is 0.234 e. The number of nitrogens with one attached hydrogen (secondary N) is 1. The molecule has 6 nitrogen and oxygen atoms in total. The van der Waals surface area contributed by atoms with Gasteiger partial charge in [0, 0.05) is 13.1 Å². The number of hydrogen-bond acceptors (Lipinski definition) is 4. The SMILES string of the molecule is CCCn1cnnc1CN(C)CC(=O)NCc1ccccc1. The Bertz CT molecular complexity index is 581. The summed E-state index contributed by atoms with van der Waals surface area (Å²) in [5.74, 6) is 0.896. The molecule has 0 aliphatic heterocycles. The van der Waals surface area contributed by atoms with Gasteiger partial charge in [0.25, 0.3) is 0 Å². The van der Waals surface area contributed by atoms with Crippen molar-refractivity contribution >= 4 is 5.91 Å². The minimum atomic E-state index is 0.00732. The predicted molar refractivity (Wildman–Crippen MR) is 84.9 cm³/mol. The summed E-state index contributed by atoms with van der Waals surface area (Å²) in [6, 6.07) is 9.89. The number of benzene rings is 1. The van der Waals surface area contributed by atoms with Gasteiger partial charge in [-0.1, -0.05) is 37.3 Å². The molecule has 22 heavy (non-hydrogen) atoms. The lowest BCUT2D eigenvalue weighted by molar-refractivity contribution is -0.122. The molecule has 6 heteroatoms. The van der Waals surface area contributed by atoms with E-state index in [1.807, 2.05) is 46.8 Å². The second kappa shape index (κ2) is 8.29. The molecule has 1 aromatic carbocycles. The molecule has 0 aliphatic rings. The van der Waals surface area contributed by atoms with Crippen LogP contribution >= 0.6 is 0 Å². The Morgan fingerprint density at radius 3 is 2.82 bits per heavy atom. The number of hydrogen-bond donors (Lipinski definition) is 1. The molecule has 0 bridgehead atoms. The van der Waals surface area contributed by atoms with Gasteiger partial charge in [-0.2, -0.15) is 0 Å². The molecule has 0 spiro atoms. The highest BCUT2D eigenvalue weighted by molar-refractivity contribution is 5.77. The van der Waals surface area contributed by atoms with Crippen LogP contribution in [0.2, 0.25) is 0 Å². The Kier molecular flexibility index (Phi) is 6.09. The molecule has 0 unspecified atom stereocenters. The zero-order chi connectivity index (χ0) is 15.8. The minimum Gasteiger partial charge on any atom is -0.351 e. The molecule has 2 rings (SSSR count). The third-order valence-corrected chi connectivity index (χ3v) is 3.32. The van der Waals surface area contributed by atoms with Crippen molar-refractivity contribution < 1.29 is 4.79 Å². The molecule has 118 valence electrons. The Balaban J connectivity index is 1.77. The van der Waals surface area contributed by atoms with Crippen LogP contribution < -0.4 is 5.32 Å². The van der Waals surface area contributed by atoms with Crippen molar-refractivity contribution in [2.24, 2.45) is 0 Å². The first-order valence-corrected chi connectivity index (χ1v) is 7.55. The lowest BCUT2D eigenvalue weighted by Crippen LogP contribution is -2.35. The molecule has 1 heterocycles. The minimum absolute atomic E-state index is 0.00732. The summed E-state index contributed by atoms with van der Waals surface area (Å²) in [5.41, 5.74) is 1.10. The van der Waals surface area contributed by atoms with Gasteiger partial charge in [-0.15, -0.1) is 10.2 Å². The Labute approximate surface area is 131 Å². The van der Waals surface area contributed by atoms with Crippen molar-refractivity contribution in [3.63, 3.8) is 0 Å². The zero-order valence-corrected chi connectivity index (χ0v) is 13.2. The van der Waals surface area contributed by atoms with Gasteiger partial charge in [-0.05, 0) is 19.0 Å². The van der Waals surface area contributed by atoms with Crippen molar-refractivity contribution in [3.8, 4) is 0 Å². The number of amides is 1. The number of carbonyl (C=O) groups excluding carboxylic acids is 1. The number of nitrogens with zero attached hydrogens (tertiary/aromatic N) is 4. The van der Waals surface area contributed by atoms with E-state index in [0.717, 1.165) is 24.4 Å². The van der Waals surface area contributed by atoms with E-state index in [-0.39, 0.29) is 5.91 Å². The fourth-order valence-electron chi connectivity index (χ4n) is 2.22. The van der Waals surface area contributed by atoms with Gasteiger partial charge < -0.3 is 9.88 Å². The molecule has 0 aliphatic carbocycles. The summed E-state index contributed by atoms with van der Waals surface area (Å²) in [6.07, 6.45) is 2.77. The lowest BCUT2D eigenvalue weighted by Gasteiger charge is -2.16. The zero-order valence-electron chi connectivity index (χ0n) is 13.2. The van der Waals surface area contributed by atoms with E-state index >= 15 is 0 Å². The molecule has 1 aromatic heterocycles. The lowest BCUT2D eigenvalue weighted by atomic mass is 10.2. The number of rotatable bonds is 8. The van der Waals surface area contributed by atoms with Crippen LogP contribution in [0.1, 0.15) is 24.7 Å². The fourth-order valence-corrected chi connectivity index (χ4v) is 2.22. The summed E-state index contributed by atoms with van der Waals surface area (Å²) in [4.78, 5) is 13.9. The van der Waals surface area contributed by atoms with Crippen molar-refractivity contribution in [2.75, 3.05) is 13.6 Å². The average Bonchev–Trinajstić information content (AvgIpc) is 2.93. The number of carbonyl (C=O) groups is 1. The van der Waals surface area contributed by atoms with Gasteiger partial charge in [-0.3, -0.25) is 9.69 Å². The Morgan fingerprint density at radius 2 is 2.09 bits per heavy atom. The summed E-state index contributed by atoms with van der Waals surface area (Å²) in [7, 11) is 1.91. The van der Waals surface area contributed by atoms with Crippen molar-refractivity contribution in [2.45, 2.75) is 33.0 Å². The fraction of sp³-hybridized carbons (Fsp3) is 0.438. The monoisotopic (exact) mass is 301 g/mol. The first-order chi connectivity index (χ1) is 10.7. The van der Waals surface area contributed by atoms with Gasteiger partial charge >= 0.3 is 0 Å². The molecule has 0 saturated heterocycles. The first-order valence-electron chi connectivity index (χ1n) is 7.55. The highest BCUT2D eigenvalue weighted by Crippen LogP contribution is 2.01. The third kappa shape index (κ3) is 4.96. The topological polar surface area (TPSA) is 63.1 Å². The second-order valence-electron chi connectivity index (χ2n) is 5.38. The maximum atomic E-state index is 12.0. The third-order valence-electron chi connectivity index (χ3n) is 3.32. The summed E-state index contributed by atoms with van der Waals surface area (Å²) < 4.78 is 2.03. The molecule has 0 atom stereocenters. The molecule has 0 fully saturated rings. The molecule has 0 saturated carbocycles.